The van der Waals surface area contributed by atoms with E-state index in [9.17, 15) is 4.79 Å². The Balaban J connectivity index is 1.36. The maximum absolute atomic E-state index is 12.5. The molecule has 10 heteroatoms. The Morgan fingerprint density at radius 2 is 1.90 bits per heavy atom. The van der Waals surface area contributed by atoms with Gasteiger partial charge in [-0.2, -0.15) is 15.1 Å². The molecule has 0 spiro atoms. The molecule has 0 aliphatic carbocycles. The van der Waals surface area contributed by atoms with Crippen LogP contribution in [0.3, 0.4) is 0 Å². The number of anilines is 2. The van der Waals surface area contributed by atoms with Crippen molar-refractivity contribution >= 4 is 22.7 Å². The number of rotatable bonds is 6. The summed E-state index contributed by atoms with van der Waals surface area (Å²) in [5.74, 6) is 1.92. The Kier molecular flexibility index (Phi) is 4.64. The van der Waals surface area contributed by atoms with Crippen molar-refractivity contribution in [1.82, 2.24) is 29.9 Å². The number of nitrogens with zero attached hydrogens (tertiary/aromatic N) is 5. The Labute approximate surface area is 175 Å². The maximum atomic E-state index is 12.5. The standard InChI is InChI=1S/C21H17N7O3/c1-13-23-18(27-31-13)12-30-16-9-7-14(8-10-16)24-21-25-19-17(20(29)26-21)11-22-28(19)15-5-3-2-4-6-15/h2-11H,12H2,1H3,(H2,24,25,26,29). The van der Waals surface area contributed by atoms with E-state index in [0.717, 1.165) is 11.4 Å². The molecule has 31 heavy (non-hydrogen) atoms. The zero-order valence-electron chi connectivity index (χ0n) is 16.4. The molecular weight excluding hydrogens is 398 g/mol. The van der Waals surface area contributed by atoms with Crippen LogP contribution >= 0.6 is 0 Å². The molecule has 0 radical (unpaired) electrons. The average Bonchev–Trinajstić information content (AvgIpc) is 3.40. The number of ether oxygens (including phenoxy) is 1. The Morgan fingerprint density at radius 3 is 2.65 bits per heavy atom. The summed E-state index contributed by atoms with van der Waals surface area (Å²) in [4.78, 5) is 23.9. The summed E-state index contributed by atoms with van der Waals surface area (Å²) in [6.45, 7) is 1.93. The van der Waals surface area contributed by atoms with Crippen LogP contribution in [0.2, 0.25) is 0 Å². The quantitative estimate of drug-likeness (QED) is 0.433. The van der Waals surface area contributed by atoms with Gasteiger partial charge in [-0.25, -0.2) is 4.68 Å². The van der Waals surface area contributed by atoms with Crippen LogP contribution in [0.25, 0.3) is 16.7 Å². The highest BCUT2D eigenvalue weighted by Gasteiger charge is 2.12. The van der Waals surface area contributed by atoms with E-state index in [-0.39, 0.29) is 12.2 Å². The summed E-state index contributed by atoms with van der Waals surface area (Å²) in [6.07, 6.45) is 1.51. The largest absolute Gasteiger partial charge is 0.485 e. The molecule has 3 heterocycles. The summed E-state index contributed by atoms with van der Waals surface area (Å²) < 4.78 is 12.2. The monoisotopic (exact) mass is 415 g/mol. The van der Waals surface area contributed by atoms with Gasteiger partial charge in [-0.1, -0.05) is 23.4 Å². The number of hydrogen-bond donors (Lipinski definition) is 2. The minimum atomic E-state index is -0.273. The first kappa shape index (κ1) is 18.6. The van der Waals surface area contributed by atoms with Gasteiger partial charge in [0, 0.05) is 12.6 Å². The third-order valence-electron chi connectivity index (χ3n) is 4.49. The number of fused-ring (bicyclic) bond motifs is 1. The normalized spacial score (nSPS) is 11.0. The van der Waals surface area contributed by atoms with E-state index < -0.39 is 0 Å². The van der Waals surface area contributed by atoms with Gasteiger partial charge in [-0.3, -0.25) is 9.78 Å². The first-order valence-electron chi connectivity index (χ1n) is 9.48. The van der Waals surface area contributed by atoms with E-state index in [1.807, 2.05) is 42.5 Å². The Hall–Kier alpha value is -4.47. The number of benzene rings is 2. The zero-order chi connectivity index (χ0) is 21.2. The van der Waals surface area contributed by atoms with Crippen LogP contribution in [0.1, 0.15) is 11.7 Å². The number of hydrogen-bond acceptors (Lipinski definition) is 8. The lowest BCUT2D eigenvalue weighted by Crippen LogP contribution is -2.11. The molecular formula is C21H17N7O3. The molecule has 5 aromatic rings. The van der Waals surface area contributed by atoms with Gasteiger partial charge in [0.15, 0.2) is 12.3 Å². The van der Waals surface area contributed by atoms with Crippen LogP contribution in [-0.4, -0.2) is 29.9 Å². The summed E-state index contributed by atoms with van der Waals surface area (Å²) in [6, 6.07) is 16.7. The highest BCUT2D eigenvalue weighted by atomic mass is 16.5. The van der Waals surface area contributed by atoms with Gasteiger partial charge >= 0.3 is 0 Å². The summed E-state index contributed by atoms with van der Waals surface area (Å²) in [5.41, 5.74) is 1.74. The number of aryl methyl sites for hydroxylation is 1. The fraction of sp³-hybridized carbons (Fsp3) is 0.0952. The summed E-state index contributed by atoms with van der Waals surface area (Å²) in [5, 5.41) is 11.6. The van der Waals surface area contributed by atoms with Crippen molar-refractivity contribution in [2.75, 3.05) is 5.32 Å². The number of nitrogens with one attached hydrogen (secondary N) is 2. The first-order chi connectivity index (χ1) is 15.2. The van der Waals surface area contributed by atoms with Crippen LogP contribution in [0.5, 0.6) is 5.75 Å². The van der Waals surface area contributed by atoms with Crippen molar-refractivity contribution in [3.05, 3.63) is 82.9 Å². The lowest BCUT2D eigenvalue weighted by atomic mass is 10.3. The molecule has 0 unspecified atom stereocenters. The van der Waals surface area contributed by atoms with Crippen LogP contribution in [0, 0.1) is 6.92 Å². The van der Waals surface area contributed by atoms with Gasteiger partial charge in [-0.15, -0.1) is 0 Å². The number of H-pyrrole nitrogens is 1. The average molecular weight is 415 g/mol. The Bertz CT molecular complexity index is 1390. The molecule has 0 saturated heterocycles. The lowest BCUT2D eigenvalue weighted by Gasteiger charge is -2.08. The number of aromatic amines is 1. The highest BCUT2D eigenvalue weighted by molar-refractivity contribution is 5.76. The van der Waals surface area contributed by atoms with E-state index in [1.165, 1.54) is 6.20 Å². The maximum Gasteiger partial charge on any atom is 0.263 e. The predicted octanol–water partition coefficient (Wildman–Crippen LogP) is 3.12. The predicted molar refractivity (Wildman–Crippen MR) is 113 cm³/mol. The second-order valence-corrected chi connectivity index (χ2v) is 6.71. The molecule has 0 amide bonds. The Morgan fingerprint density at radius 1 is 1.10 bits per heavy atom. The molecule has 10 nitrogen and oxygen atoms in total. The minimum Gasteiger partial charge on any atom is -0.485 e. The molecule has 0 saturated carbocycles. The topological polar surface area (TPSA) is 124 Å². The van der Waals surface area contributed by atoms with Crippen molar-refractivity contribution in [3.8, 4) is 11.4 Å². The molecule has 5 rings (SSSR count). The van der Waals surface area contributed by atoms with Crippen LogP contribution < -0.4 is 15.6 Å². The smallest absolute Gasteiger partial charge is 0.263 e. The molecule has 0 aliphatic rings. The molecule has 3 aromatic heterocycles. The highest BCUT2D eigenvalue weighted by Crippen LogP contribution is 2.20. The van der Waals surface area contributed by atoms with Crippen LogP contribution in [0.4, 0.5) is 11.6 Å². The lowest BCUT2D eigenvalue weighted by molar-refractivity contribution is 0.286. The van der Waals surface area contributed by atoms with Gasteiger partial charge < -0.3 is 14.6 Å². The van der Waals surface area contributed by atoms with Gasteiger partial charge in [0.2, 0.25) is 17.7 Å². The second kappa shape index (κ2) is 7.75. The van der Waals surface area contributed by atoms with Crippen molar-refractivity contribution in [3.63, 3.8) is 0 Å². The SMILES string of the molecule is Cc1nc(COc2ccc(Nc3nc4c(cnn4-c4ccccc4)c(=O)[nH]3)cc2)no1. The van der Waals surface area contributed by atoms with Gasteiger partial charge in [0.25, 0.3) is 5.56 Å². The van der Waals surface area contributed by atoms with Crippen LogP contribution in [0.15, 0.2) is 70.1 Å². The van der Waals surface area contributed by atoms with Crippen molar-refractivity contribution in [1.29, 1.82) is 0 Å². The second-order valence-electron chi connectivity index (χ2n) is 6.71. The van der Waals surface area contributed by atoms with Gasteiger partial charge in [-0.05, 0) is 36.4 Å². The number of para-hydroxylation sites is 1. The van der Waals surface area contributed by atoms with E-state index in [1.54, 1.807) is 23.7 Å². The molecule has 2 aromatic carbocycles. The van der Waals surface area contributed by atoms with E-state index in [2.05, 4.69) is 30.5 Å². The van der Waals surface area contributed by atoms with Crippen molar-refractivity contribution in [2.24, 2.45) is 0 Å². The zero-order valence-corrected chi connectivity index (χ0v) is 16.4. The van der Waals surface area contributed by atoms with Crippen LogP contribution in [-0.2, 0) is 6.61 Å². The third-order valence-corrected chi connectivity index (χ3v) is 4.49. The fourth-order valence-corrected chi connectivity index (χ4v) is 3.05. The van der Waals surface area contributed by atoms with E-state index >= 15 is 0 Å². The van der Waals surface area contributed by atoms with E-state index in [4.69, 9.17) is 9.26 Å². The molecule has 154 valence electrons. The van der Waals surface area contributed by atoms with Gasteiger partial charge in [0.05, 0.1) is 11.9 Å². The third kappa shape index (κ3) is 3.86. The molecule has 0 atom stereocenters. The molecule has 2 N–H and O–H groups in total. The van der Waals surface area contributed by atoms with Crippen molar-refractivity contribution in [2.45, 2.75) is 13.5 Å². The summed E-state index contributed by atoms with van der Waals surface area (Å²) in [7, 11) is 0. The van der Waals surface area contributed by atoms with E-state index in [0.29, 0.717) is 34.4 Å². The molecule has 0 fully saturated rings. The van der Waals surface area contributed by atoms with Gasteiger partial charge in [0.1, 0.15) is 11.1 Å². The fourth-order valence-electron chi connectivity index (χ4n) is 3.05. The number of aromatic nitrogens is 6. The minimum absolute atomic E-state index is 0.207. The first-order valence-corrected chi connectivity index (χ1v) is 9.48. The summed E-state index contributed by atoms with van der Waals surface area (Å²) >= 11 is 0. The van der Waals surface area contributed by atoms with Crippen molar-refractivity contribution < 1.29 is 9.26 Å². The molecule has 0 bridgehead atoms. The molecule has 0 aliphatic heterocycles.